The van der Waals surface area contributed by atoms with Crippen LogP contribution in [0.5, 0.6) is 0 Å². The van der Waals surface area contributed by atoms with Gasteiger partial charge >= 0.3 is 0 Å². The van der Waals surface area contributed by atoms with Gasteiger partial charge in [-0.05, 0) is 37.8 Å². The van der Waals surface area contributed by atoms with E-state index in [1.807, 2.05) is 11.7 Å². The van der Waals surface area contributed by atoms with E-state index in [1.165, 1.54) is 24.1 Å². The molecule has 1 aliphatic carbocycles. The molecule has 4 heteroatoms. The normalized spacial score (nSPS) is 25.9. The van der Waals surface area contributed by atoms with Crippen molar-refractivity contribution in [3.8, 4) is 0 Å². The van der Waals surface area contributed by atoms with Gasteiger partial charge in [0.05, 0.1) is 5.51 Å². The maximum absolute atomic E-state index is 5.75. The molecule has 0 aliphatic heterocycles. The summed E-state index contributed by atoms with van der Waals surface area (Å²) in [6, 6.07) is 0. The van der Waals surface area contributed by atoms with Crippen LogP contribution in [-0.2, 0) is 6.54 Å². The molecule has 15 heavy (non-hydrogen) atoms. The standard InChI is InChI=1S/C11H19N3S/c12-4-9-2-1-3-10(9)5-13-6-11-7-14-8-15-11/h7-10,13H,1-6,12H2. The Bertz CT molecular complexity index is 273. The lowest BCUT2D eigenvalue weighted by Crippen LogP contribution is -2.28. The number of aromatic nitrogens is 1. The molecule has 1 fully saturated rings. The largest absolute Gasteiger partial charge is 0.330 e. The van der Waals surface area contributed by atoms with Crippen molar-refractivity contribution in [1.82, 2.24) is 10.3 Å². The van der Waals surface area contributed by atoms with Crippen LogP contribution in [0.3, 0.4) is 0 Å². The van der Waals surface area contributed by atoms with Crippen molar-refractivity contribution in [2.45, 2.75) is 25.8 Å². The fourth-order valence-corrected chi connectivity index (χ4v) is 2.97. The van der Waals surface area contributed by atoms with E-state index >= 15 is 0 Å². The highest BCUT2D eigenvalue weighted by atomic mass is 32.1. The zero-order chi connectivity index (χ0) is 10.5. The predicted molar refractivity (Wildman–Crippen MR) is 63.7 cm³/mol. The van der Waals surface area contributed by atoms with Crippen molar-refractivity contribution >= 4 is 11.3 Å². The minimum absolute atomic E-state index is 0.749. The molecule has 2 unspecified atom stereocenters. The summed E-state index contributed by atoms with van der Waals surface area (Å²) in [7, 11) is 0. The summed E-state index contributed by atoms with van der Waals surface area (Å²) in [5, 5.41) is 3.51. The Balaban J connectivity index is 1.69. The Morgan fingerprint density at radius 2 is 2.33 bits per heavy atom. The molecule has 0 bridgehead atoms. The Morgan fingerprint density at radius 1 is 1.47 bits per heavy atom. The van der Waals surface area contributed by atoms with Crippen LogP contribution in [0.25, 0.3) is 0 Å². The van der Waals surface area contributed by atoms with Crippen molar-refractivity contribution in [2.75, 3.05) is 13.1 Å². The number of nitrogens with zero attached hydrogens (tertiary/aromatic N) is 1. The zero-order valence-electron chi connectivity index (χ0n) is 8.98. The van der Waals surface area contributed by atoms with Gasteiger partial charge in [0.2, 0.25) is 0 Å². The molecular weight excluding hydrogens is 206 g/mol. The average Bonchev–Trinajstić information content (AvgIpc) is 2.88. The number of hydrogen-bond donors (Lipinski definition) is 2. The third kappa shape index (κ3) is 3.00. The Hall–Kier alpha value is -0.450. The number of hydrogen-bond acceptors (Lipinski definition) is 4. The summed E-state index contributed by atoms with van der Waals surface area (Å²) in [5.74, 6) is 1.54. The molecule has 1 aromatic heterocycles. The Kier molecular flexibility index (Phi) is 4.11. The molecule has 1 saturated carbocycles. The molecule has 3 nitrogen and oxygen atoms in total. The highest BCUT2D eigenvalue weighted by Gasteiger charge is 2.25. The zero-order valence-corrected chi connectivity index (χ0v) is 9.80. The third-order valence-electron chi connectivity index (χ3n) is 3.31. The second-order valence-electron chi connectivity index (χ2n) is 4.29. The number of rotatable bonds is 5. The highest BCUT2D eigenvalue weighted by molar-refractivity contribution is 7.09. The first-order chi connectivity index (χ1) is 7.40. The molecule has 84 valence electrons. The first-order valence-electron chi connectivity index (χ1n) is 5.68. The van der Waals surface area contributed by atoms with Gasteiger partial charge in [0.1, 0.15) is 0 Å². The molecule has 0 saturated heterocycles. The van der Waals surface area contributed by atoms with E-state index in [0.717, 1.165) is 31.5 Å². The second-order valence-corrected chi connectivity index (χ2v) is 5.26. The van der Waals surface area contributed by atoms with Gasteiger partial charge in [-0.1, -0.05) is 6.42 Å². The lowest BCUT2D eigenvalue weighted by molar-refractivity contribution is 0.374. The van der Waals surface area contributed by atoms with E-state index in [0.29, 0.717) is 0 Å². The number of nitrogens with two attached hydrogens (primary N) is 1. The van der Waals surface area contributed by atoms with Gasteiger partial charge in [-0.2, -0.15) is 0 Å². The first kappa shape index (κ1) is 11.0. The molecule has 0 amide bonds. The van der Waals surface area contributed by atoms with Crippen molar-refractivity contribution < 1.29 is 0 Å². The SMILES string of the molecule is NCC1CCCC1CNCc1cncs1. The fraction of sp³-hybridized carbons (Fsp3) is 0.727. The maximum atomic E-state index is 5.75. The number of thiazole rings is 1. The summed E-state index contributed by atoms with van der Waals surface area (Å²) < 4.78 is 0. The van der Waals surface area contributed by atoms with Gasteiger partial charge in [0.25, 0.3) is 0 Å². The van der Waals surface area contributed by atoms with Crippen molar-refractivity contribution in [3.63, 3.8) is 0 Å². The molecule has 2 rings (SSSR count). The molecule has 2 atom stereocenters. The maximum Gasteiger partial charge on any atom is 0.0794 e. The monoisotopic (exact) mass is 225 g/mol. The fourth-order valence-electron chi connectivity index (χ4n) is 2.40. The van der Waals surface area contributed by atoms with Crippen LogP contribution in [-0.4, -0.2) is 18.1 Å². The van der Waals surface area contributed by atoms with Gasteiger partial charge in [-0.25, -0.2) is 0 Å². The lowest BCUT2D eigenvalue weighted by Gasteiger charge is -2.17. The minimum atomic E-state index is 0.749. The van der Waals surface area contributed by atoms with Gasteiger partial charge in [0, 0.05) is 17.6 Å². The van der Waals surface area contributed by atoms with Gasteiger partial charge < -0.3 is 11.1 Å². The summed E-state index contributed by atoms with van der Waals surface area (Å²) in [5.41, 5.74) is 7.64. The lowest BCUT2D eigenvalue weighted by atomic mass is 9.96. The van der Waals surface area contributed by atoms with Gasteiger partial charge in [0.15, 0.2) is 0 Å². The molecule has 3 N–H and O–H groups in total. The van der Waals surface area contributed by atoms with Crippen LogP contribution in [0, 0.1) is 11.8 Å². The number of nitrogens with one attached hydrogen (secondary N) is 1. The summed E-state index contributed by atoms with van der Waals surface area (Å²) in [6.45, 7) is 2.92. The Labute approximate surface area is 95.1 Å². The minimum Gasteiger partial charge on any atom is -0.330 e. The van der Waals surface area contributed by atoms with Gasteiger partial charge in [-0.3, -0.25) is 4.98 Å². The van der Waals surface area contributed by atoms with E-state index in [4.69, 9.17) is 5.73 Å². The Morgan fingerprint density at radius 3 is 3.07 bits per heavy atom. The van der Waals surface area contributed by atoms with Crippen LogP contribution >= 0.6 is 11.3 Å². The predicted octanol–water partition coefficient (Wildman–Crippen LogP) is 1.61. The molecule has 1 aromatic rings. The van der Waals surface area contributed by atoms with E-state index < -0.39 is 0 Å². The molecular formula is C11H19N3S. The molecule has 0 spiro atoms. The van der Waals surface area contributed by atoms with E-state index in [-0.39, 0.29) is 0 Å². The first-order valence-corrected chi connectivity index (χ1v) is 6.56. The van der Waals surface area contributed by atoms with Crippen molar-refractivity contribution in [2.24, 2.45) is 17.6 Å². The topological polar surface area (TPSA) is 50.9 Å². The van der Waals surface area contributed by atoms with Crippen LogP contribution in [0.1, 0.15) is 24.1 Å². The van der Waals surface area contributed by atoms with E-state index in [9.17, 15) is 0 Å². The molecule has 1 heterocycles. The third-order valence-corrected chi connectivity index (χ3v) is 4.09. The van der Waals surface area contributed by atoms with Crippen LogP contribution in [0.15, 0.2) is 11.7 Å². The smallest absolute Gasteiger partial charge is 0.0794 e. The van der Waals surface area contributed by atoms with Crippen LogP contribution in [0.4, 0.5) is 0 Å². The van der Waals surface area contributed by atoms with E-state index in [2.05, 4.69) is 10.3 Å². The van der Waals surface area contributed by atoms with Crippen molar-refractivity contribution in [1.29, 1.82) is 0 Å². The van der Waals surface area contributed by atoms with Crippen molar-refractivity contribution in [3.05, 3.63) is 16.6 Å². The average molecular weight is 225 g/mol. The molecule has 0 radical (unpaired) electrons. The van der Waals surface area contributed by atoms with Gasteiger partial charge in [-0.15, -0.1) is 11.3 Å². The second kappa shape index (κ2) is 5.58. The highest BCUT2D eigenvalue weighted by Crippen LogP contribution is 2.30. The quantitative estimate of drug-likeness (QED) is 0.800. The van der Waals surface area contributed by atoms with Crippen LogP contribution < -0.4 is 11.1 Å². The molecule has 1 aliphatic rings. The summed E-state index contributed by atoms with van der Waals surface area (Å²) in [6.07, 6.45) is 5.96. The van der Waals surface area contributed by atoms with E-state index in [1.54, 1.807) is 11.3 Å². The summed E-state index contributed by atoms with van der Waals surface area (Å²) in [4.78, 5) is 5.38. The summed E-state index contributed by atoms with van der Waals surface area (Å²) >= 11 is 1.71. The molecule has 0 aromatic carbocycles. The van der Waals surface area contributed by atoms with Crippen LogP contribution in [0.2, 0.25) is 0 Å².